The second kappa shape index (κ2) is 53.2. The topological polar surface area (TPSA) is 95.9 Å². The molecular weight excluding hydrogens is 779 g/mol. The van der Waals surface area contributed by atoms with Crippen LogP contribution in [0.5, 0.6) is 0 Å². The van der Waals surface area contributed by atoms with Crippen LogP contribution in [-0.2, 0) is 14.3 Å². The summed E-state index contributed by atoms with van der Waals surface area (Å²) < 4.78 is 5.45. The summed E-state index contributed by atoms with van der Waals surface area (Å²) in [5.41, 5.74) is 0. The van der Waals surface area contributed by atoms with Gasteiger partial charge in [0.15, 0.2) is 0 Å². The lowest BCUT2D eigenvalue weighted by atomic mass is 10.0. The van der Waals surface area contributed by atoms with Crippen LogP contribution in [0.3, 0.4) is 0 Å². The predicted octanol–water partition coefficient (Wildman–Crippen LogP) is 17.3. The average Bonchev–Trinajstić information content (AvgIpc) is 3.28. The van der Waals surface area contributed by atoms with Crippen LogP contribution in [0.25, 0.3) is 0 Å². The van der Waals surface area contributed by atoms with E-state index in [1.54, 1.807) is 0 Å². The summed E-state index contributed by atoms with van der Waals surface area (Å²) in [5, 5.41) is 23.3. The van der Waals surface area contributed by atoms with E-state index < -0.39 is 12.1 Å². The molecule has 2 atom stereocenters. The Kier molecular flexibility index (Phi) is 52.0. The zero-order valence-corrected chi connectivity index (χ0v) is 42.6. The molecule has 63 heavy (non-hydrogen) atoms. The summed E-state index contributed by atoms with van der Waals surface area (Å²) in [5.74, 6) is -0.0551. The molecule has 2 unspecified atom stereocenters. The van der Waals surface area contributed by atoms with Gasteiger partial charge in [0.1, 0.15) is 0 Å². The Hall–Kier alpha value is -1.40. The number of aliphatic hydroxyl groups excluding tert-OH is 2. The molecule has 0 bridgehead atoms. The molecule has 374 valence electrons. The Morgan fingerprint density at radius 3 is 1.17 bits per heavy atom. The SMILES string of the molecule is CCCC/C=C\CCCCCCCC(=O)OCCCCCCCCCCCCCCCCC(=O)NC(CO)C(O)CCCCCCCCCCCCCCCCCCCCCCC. The fraction of sp³-hybridized carbons (Fsp3) is 0.930. The average molecular weight is 891 g/mol. The van der Waals surface area contributed by atoms with E-state index in [2.05, 4.69) is 31.3 Å². The molecule has 0 aromatic heterocycles. The number of rotatable bonds is 53. The van der Waals surface area contributed by atoms with Gasteiger partial charge in [-0.25, -0.2) is 0 Å². The number of unbranched alkanes of at least 4 members (excludes halogenated alkanes) is 40. The highest BCUT2D eigenvalue weighted by Crippen LogP contribution is 2.18. The predicted molar refractivity (Wildman–Crippen MR) is 273 cm³/mol. The summed E-state index contributed by atoms with van der Waals surface area (Å²) in [6.45, 7) is 4.91. The number of carbonyl (C=O) groups excluding carboxylic acids is 2. The Morgan fingerprint density at radius 1 is 0.429 bits per heavy atom. The second-order valence-electron chi connectivity index (χ2n) is 19.6. The molecule has 0 aliphatic heterocycles. The van der Waals surface area contributed by atoms with Crippen molar-refractivity contribution in [2.45, 2.75) is 328 Å². The molecule has 6 heteroatoms. The number of esters is 1. The summed E-state index contributed by atoms with van der Waals surface area (Å²) in [6, 6.07) is -0.549. The first-order valence-electron chi connectivity index (χ1n) is 28.4. The minimum atomic E-state index is -0.671. The maximum Gasteiger partial charge on any atom is 0.305 e. The molecule has 0 saturated carbocycles. The Labute approximate surface area is 393 Å². The maximum atomic E-state index is 12.5. The monoisotopic (exact) mass is 890 g/mol. The van der Waals surface area contributed by atoms with Gasteiger partial charge in [0, 0.05) is 12.8 Å². The van der Waals surface area contributed by atoms with Gasteiger partial charge in [0.2, 0.25) is 5.91 Å². The van der Waals surface area contributed by atoms with E-state index in [0.717, 1.165) is 51.4 Å². The summed E-state index contributed by atoms with van der Waals surface area (Å²) >= 11 is 0. The third-order valence-corrected chi connectivity index (χ3v) is 13.3. The van der Waals surface area contributed by atoms with Crippen LogP contribution in [0.4, 0.5) is 0 Å². The molecule has 0 fully saturated rings. The van der Waals surface area contributed by atoms with Gasteiger partial charge in [0.05, 0.1) is 25.4 Å². The van der Waals surface area contributed by atoms with Crippen molar-refractivity contribution in [3.05, 3.63) is 12.2 Å². The number of hydrogen-bond acceptors (Lipinski definition) is 5. The lowest BCUT2D eigenvalue weighted by Crippen LogP contribution is -2.45. The first kappa shape index (κ1) is 61.6. The van der Waals surface area contributed by atoms with Gasteiger partial charge in [-0.2, -0.15) is 0 Å². The molecule has 0 aliphatic rings. The number of amides is 1. The minimum absolute atomic E-state index is 0.0124. The van der Waals surface area contributed by atoms with Crippen molar-refractivity contribution in [3.63, 3.8) is 0 Å². The summed E-state index contributed by atoms with van der Waals surface area (Å²) in [4.78, 5) is 24.5. The number of aliphatic hydroxyl groups is 2. The minimum Gasteiger partial charge on any atom is -0.466 e. The van der Waals surface area contributed by atoms with Gasteiger partial charge in [-0.15, -0.1) is 0 Å². The first-order valence-corrected chi connectivity index (χ1v) is 28.4. The van der Waals surface area contributed by atoms with Crippen LogP contribution >= 0.6 is 0 Å². The van der Waals surface area contributed by atoms with Gasteiger partial charge in [-0.05, 0) is 44.9 Å². The first-order chi connectivity index (χ1) is 31.0. The Balaban J connectivity index is 3.44. The van der Waals surface area contributed by atoms with Crippen molar-refractivity contribution in [1.82, 2.24) is 5.32 Å². The number of ether oxygens (including phenoxy) is 1. The highest BCUT2D eigenvalue weighted by atomic mass is 16.5. The molecule has 6 nitrogen and oxygen atoms in total. The molecule has 0 saturated heterocycles. The number of hydrogen-bond donors (Lipinski definition) is 3. The number of nitrogens with one attached hydrogen (secondary N) is 1. The molecular formula is C57H111NO5. The van der Waals surface area contributed by atoms with Crippen molar-refractivity contribution >= 4 is 11.9 Å². The van der Waals surface area contributed by atoms with Gasteiger partial charge < -0.3 is 20.3 Å². The van der Waals surface area contributed by atoms with Crippen LogP contribution in [0.2, 0.25) is 0 Å². The normalized spacial score (nSPS) is 12.6. The summed E-state index contributed by atoms with van der Waals surface area (Å²) in [7, 11) is 0. The Bertz CT molecular complexity index is 939. The van der Waals surface area contributed by atoms with Crippen LogP contribution in [-0.4, -0.2) is 47.4 Å². The lowest BCUT2D eigenvalue weighted by Gasteiger charge is -2.22. The van der Waals surface area contributed by atoms with Gasteiger partial charge in [0.25, 0.3) is 0 Å². The van der Waals surface area contributed by atoms with Crippen molar-refractivity contribution in [2.24, 2.45) is 0 Å². The van der Waals surface area contributed by atoms with Crippen LogP contribution in [0, 0.1) is 0 Å². The zero-order chi connectivity index (χ0) is 45.8. The lowest BCUT2D eigenvalue weighted by molar-refractivity contribution is -0.143. The van der Waals surface area contributed by atoms with Crippen LogP contribution in [0.1, 0.15) is 316 Å². The van der Waals surface area contributed by atoms with Gasteiger partial charge in [-0.1, -0.05) is 270 Å². The Morgan fingerprint density at radius 2 is 0.762 bits per heavy atom. The van der Waals surface area contributed by atoms with E-state index >= 15 is 0 Å². The van der Waals surface area contributed by atoms with E-state index in [-0.39, 0.29) is 18.5 Å². The van der Waals surface area contributed by atoms with Crippen molar-refractivity contribution in [2.75, 3.05) is 13.2 Å². The maximum absolute atomic E-state index is 12.5. The van der Waals surface area contributed by atoms with Crippen LogP contribution < -0.4 is 5.32 Å². The molecule has 0 radical (unpaired) electrons. The number of carbonyl (C=O) groups is 2. The fourth-order valence-electron chi connectivity index (χ4n) is 8.92. The standard InChI is InChI=1S/C57H111NO5/c1-3-5-7-9-11-13-15-16-17-18-19-20-21-22-23-26-30-33-37-41-45-49-55(60)54(53-59)58-56(61)50-46-42-38-34-31-27-24-25-28-32-36-40-44-48-52-63-57(62)51-47-43-39-35-29-14-12-10-8-6-4-2/h10,12,54-55,59-60H,3-9,11,13-53H2,1-2H3,(H,58,61)/b12-10-. The highest BCUT2D eigenvalue weighted by Gasteiger charge is 2.20. The molecule has 1 amide bonds. The molecule has 0 rings (SSSR count). The fourth-order valence-corrected chi connectivity index (χ4v) is 8.92. The number of allylic oxidation sites excluding steroid dienone is 2. The molecule has 0 aliphatic carbocycles. The van der Waals surface area contributed by atoms with Crippen molar-refractivity contribution < 1.29 is 24.5 Å². The second-order valence-corrected chi connectivity index (χ2v) is 19.6. The molecule has 0 aromatic carbocycles. The smallest absolute Gasteiger partial charge is 0.305 e. The zero-order valence-electron chi connectivity index (χ0n) is 42.6. The third kappa shape index (κ3) is 49.9. The molecule has 3 N–H and O–H groups in total. The van der Waals surface area contributed by atoms with E-state index in [0.29, 0.717) is 25.9 Å². The highest BCUT2D eigenvalue weighted by molar-refractivity contribution is 5.76. The quantitative estimate of drug-likeness (QED) is 0.0321. The van der Waals surface area contributed by atoms with E-state index in [1.165, 1.54) is 231 Å². The van der Waals surface area contributed by atoms with Crippen LogP contribution in [0.15, 0.2) is 12.2 Å². The largest absolute Gasteiger partial charge is 0.466 e. The summed E-state index contributed by atoms with van der Waals surface area (Å²) in [6.07, 6.45) is 61.9. The molecule has 0 spiro atoms. The van der Waals surface area contributed by atoms with Crippen molar-refractivity contribution in [3.8, 4) is 0 Å². The van der Waals surface area contributed by atoms with E-state index in [9.17, 15) is 19.8 Å². The molecule has 0 aromatic rings. The van der Waals surface area contributed by atoms with Crippen molar-refractivity contribution in [1.29, 1.82) is 0 Å². The third-order valence-electron chi connectivity index (χ3n) is 13.3. The van der Waals surface area contributed by atoms with Gasteiger partial charge >= 0.3 is 5.97 Å². The molecule has 0 heterocycles. The van der Waals surface area contributed by atoms with Gasteiger partial charge in [-0.3, -0.25) is 9.59 Å². The van der Waals surface area contributed by atoms with E-state index in [4.69, 9.17) is 4.74 Å². The van der Waals surface area contributed by atoms with E-state index in [1.807, 2.05) is 0 Å².